The molecule has 0 aliphatic heterocycles. The summed E-state index contributed by atoms with van der Waals surface area (Å²) in [7, 11) is 0. The van der Waals surface area contributed by atoms with Crippen LogP contribution in [0.2, 0.25) is 0 Å². The third-order valence-electron chi connectivity index (χ3n) is 4.41. The predicted octanol–water partition coefficient (Wildman–Crippen LogP) is 5.16. The highest BCUT2D eigenvalue weighted by atomic mass is 14.7. The Balaban J connectivity index is 1.88. The van der Waals surface area contributed by atoms with Crippen molar-refractivity contribution in [1.82, 2.24) is 4.98 Å². The summed E-state index contributed by atoms with van der Waals surface area (Å²) in [5, 5.41) is 0. The Morgan fingerprint density at radius 3 is 2.33 bits per heavy atom. The topological polar surface area (TPSA) is 12.9 Å². The molecule has 1 saturated carbocycles. The number of rotatable bonds is 4. The van der Waals surface area contributed by atoms with Gasteiger partial charge in [0.1, 0.15) is 0 Å². The number of hydrogen-bond acceptors (Lipinski definition) is 1. The summed E-state index contributed by atoms with van der Waals surface area (Å²) in [5.74, 6) is 1.69. The van der Waals surface area contributed by atoms with Crippen molar-refractivity contribution in [3.8, 4) is 0 Å². The van der Waals surface area contributed by atoms with Crippen LogP contribution in [0.5, 0.6) is 0 Å². The van der Waals surface area contributed by atoms with Gasteiger partial charge in [-0.25, -0.2) is 0 Å². The van der Waals surface area contributed by atoms with E-state index >= 15 is 0 Å². The van der Waals surface area contributed by atoms with Gasteiger partial charge in [0.25, 0.3) is 0 Å². The number of aromatic nitrogens is 1. The molecule has 100 valence electrons. The molecule has 0 amide bonds. The van der Waals surface area contributed by atoms with E-state index in [4.69, 9.17) is 0 Å². The molecule has 1 nitrogen and oxygen atoms in total. The van der Waals surface area contributed by atoms with Crippen LogP contribution in [0.1, 0.15) is 74.7 Å². The molecule has 1 aliphatic rings. The van der Waals surface area contributed by atoms with E-state index in [2.05, 4.69) is 37.9 Å². The lowest BCUT2D eigenvalue weighted by atomic mass is 9.83. The van der Waals surface area contributed by atoms with Gasteiger partial charge in [-0.05, 0) is 56.2 Å². The maximum absolute atomic E-state index is 4.47. The highest BCUT2D eigenvalue weighted by Crippen LogP contribution is 2.31. The van der Waals surface area contributed by atoms with Gasteiger partial charge in [0.2, 0.25) is 0 Å². The minimum atomic E-state index is 0.687. The van der Waals surface area contributed by atoms with Crippen LogP contribution in [0.3, 0.4) is 0 Å². The summed E-state index contributed by atoms with van der Waals surface area (Å²) >= 11 is 0. The Bertz CT molecular complexity index is 357. The second-order valence-electron chi connectivity index (χ2n) is 6.17. The lowest BCUT2D eigenvalue weighted by Gasteiger charge is -2.23. The molecule has 1 aromatic rings. The molecule has 1 fully saturated rings. The van der Waals surface area contributed by atoms with E-state index in [0.717, 1.165) is 17.3 Å². The molecule has 18 heavy (non-hydrogen) atoms. The van der Waals surface area contributed by atoms with Crippen LogP contribution in [0, 0.1) is 19.8 Å². The number of nitrogens with zero attached hydrogens (tertiary/aromatic N) is 1. The van der Waals surface area contributed by atoms with Gasteiger partial charge in [0.05, 0.1) is 0 Å². The van der Waals surface area contributed by atoms with Gasteiger partial charge >= 0.3 is 0 Å². The molecule has 1 aliphatic carbocycles. The summed E-state index contributed by atoms with van der Waals surface area (Å²) in [6, 6.07) is 4.52. The third-order valence-corrected chi connectivity index (χ3v) is 4.41. The average molecular weight is 245 g/mol. The standard InChI is InChI=1S/C17H27N/c1-13(9-10-16-7-5-4-6-8-16)17-11-14(2)18-15(3)12-17/h11-13,16H,4-10H2,1-3H3. The second kappa shape index (κ2) is 6.36. The van der Waals surface area contributed by atoms with E-state index in [0.29, 0.717) is 5.92 Å². The summed E-state index contributed by atoms with van der Waals surface area (Å²) < 4.78 is 0. The van der Waals surface area contributed by atoms with Gasteiger partial charge in [0, 0.05) is 11.4 Å². The molecule has 0 saturated heterocycles. The first-order valence-corrected chi connectivity index (χ1v) is 7.60. The van der Waals surface area contributed by atoms with Crippen LogP contribution in [0.15, 0.2) is 12.1 Å². The molecule has 0 N–H and O–H groups in total. The minimum Gasteiger partial charge on any atom is -0.258 e. The smallest absolute Gasteiger partial charge is 0.0378 e. The van der Waals surface area contributed by atoms with Crippen molar-refractivity contribution in [3.63, 3.8) is 0 Å². The number of pyridine rings is 1. The second-order valence-corrected chi connectivity index (χ2v) is 6.17. The van der Waals surface area contributed by atoms with Crippen LogP contribution in [-0.4, -0.2) is 4.98 Å². The first-order chi connectivity index (χ1) is 8.65. The molecule has 1 atom stereocenters. The molecule has 1 heteroatoms. The Morgan fingerprint density at radius 2 is 1.72 bits per heavy atom. The lowest BCUT2D eigenvalue weighted by molar-refractivity contribution is 0.325. The highest BCUT2D eigenvalue weighted by molar-refractivity contribution is 5.23. The van der Waals surface area contributed by atoms with Crippen molar-refractivity contribution in [2.45, 2.75) is 71.6 Å². The molecule has 1 unspecified atom stereocenters. The first kappa shape index (κ1) is 13.6. The Labute approximate surface area is 112 Å². The SMILES string of the molecule is Cc1cc(C(C)CCC2CCCCC2)cc(C)n1. The Morgan fingerprint density at radius 1 is 1.11 bits per heavy atom. The maximum Gasteiger partial charge on any atom is 0.0378 e. The van der Waals surface area contributed by atoms with Crippen LogP contribution < -0.4 is 0 Å². The summed E-state index contributed by atoms with van der Waals surface area (Å²) in [6.45, 7) is 6.58. The van der Waals surface area contributed by atoms with Crippen molar-refractivity contribution < 1.29 is 0 Å². The Kier molecular flexibility index (Phi) is 4.79. The fraction of sp³-hybridized carbons (Fsp3) is 0.706. The largest absolute Gasteiger partial charge is 0.258 e. The highest BCUT2D eigenvalue weighted by Gasteiger charge is 2.15. The maximum atomic E-state index is 4.47. The van der Waals surface area contributed by atoms with Crippen LogP contribution in [0.25, 0.3) is 0 Å². The molecule has 0 bridgehead atoms. The first-order valence-electron chi connectivity index (χ1n) is 7.60. The van der Waals surface area contributed by atoms with Crippen molar-refractivity contribution in [3.05, 3.63) is 29.1 Å². The normalized spacial score (nSPS) is 18.8. The van der Waals surface area contributed by atoms with Crippen LogP contribution >= 0.6 is 0 Å². The summed E-state index contributed by atoms with van der Waals surface area (Å²) in [6.07, 6.45) is 10.1. The van der Waals surface area contributed by atoms with E-state index < -0.39 is 0 Å². The molecule has 0 radical (unpaired) electrons. The minimum absolute atomic E-state index is 0.687. The number of hydrogen-bond donors (Lipinski definition) is 0. The number of aryl methyl sites for hydroxylation is 2. The fourth-order valence-electron chi connectivity index (χ4n) is 3.28. The van der Waals surface area contributed by atoms with E-state index in [9.17, 15) is 0 Å². The molecule has 1 aromatic heterocycles. The van der Waals surface area contributed by atoms with Crippen molar-refractivity contribution >= 4 is 0 Å². The molecule has 1 heterocycles. The zero-order valence-electron chi connectivity index (χ0n) is 12.2. The lowest BCUT2D eigenvalue weighted by Crippen LogP contribution is -2.08. The van der Waals surface area contributed by atoms with Gasteiger partial charge < -0.3 is 0 Å². The monoisotopic (exact) mass is 245 g/mol. The molecule has 0 spiro atoms. The van der Waals surface area contributed by atoms with Crippen molar-refractivity contribution in [2.75, 3.05) is 0 Å². The van der Waals surface area contributed by atoms with Gasteiger partial charge in [-0.3, -0.25) is 4.98 Å². The van der Waals surface area contributed by atoms with Gasteiger partial charge in [-0.1, -0.05) is 39.0 Å². The molecular weight excluding hydrogens is 218 g/mol. The summed E-state index contributed by atoms with van der Waals surface area (Å²) in [4.78, 5) is 4.47. The van der Waals surface area contributed by atoms with Crippen molar-refractivity contribution in [1.29, 1.82) is 0 Å². The van der Waals surface area contributed by atoms with E-state index in [-0.39, 0.29) is 0 Å². The van der Waals surface area contributed by atoms with E-state index in [1.54, 1.807) is 0 Å². The molecule has 2 rings (SSSR count). The zero-order chi connectivity index (χ0) is 13.0. The quantitative estimate of drug-likeness (QED) is 0.713. The van der Waals surface area contributed by atoms with Crippen LogP contribution in [-0.2, 0) is 0 Å². The van der Waals surface area contributed by atoms with E-state index in [1.807, 2.05) is 0 Å². The van der Waals surface area contributed by atoms with E-state index in [1.165, 1.54) is 50.5 Å². The van der Waals surface area contributed by atoms with Gasteiger partial charge in [-0.15, -0.1) is 0 Å². The van der Waals surface area contributed by atoms with Gasteiger partial charge in [-0.2, -0.15) is 0 Å². The van der Waals surface area contributed by atoms with Gasteiger partial charge in [0.15, 0.2) is 0 Å². The Hall–Kier alpha value is -0.850. The average Bonchev–Trinajstić information content (AvgIpc) is 2.36. The molecule has 0 aromatic carbocycles. The fourth-order valence-corrected chi connectivity index (χ4v) is 3.28. The summed E-state index contributed by atoms with van der Waals surface area (Å²) in [5.41, 5.74) is 3.81. The third kappa shape index (κ3) is 3.83. The molecular formula is C17H27N. The van der Waals surface area contributed by atoms with Crippen LogP contribution in [0.4, 0.5) is 0 Å². The predicted molar refractivity (Wildman–Crippen MR) is 77.9 cm³/mol. The zero-order valence-corrected chi connectivity index (χ0v) is 12.2. The van der Waals surface area contributed by atoms with Crippen molar-refractivity contribution in [2.24, 2.45) is 5.92 Å².